The Morgan fingerprint density at radius 1 is 0.769 bits per heavy atom. The highest BCUT2D eigenvalue weighted by molar-refractivity contribution is 7.52. The molecular weight excluding hydrogens is 357 g/mol. The van der Waals surface area contributed by atoms with Crippen LogP contribution in [0.2, 0.25) is 0 Å². The molecule has 0 aromatic heterocycles. The third kappa shape index (κ3) is 3.91. The monoisotopic (exact) mass is 374 g/mol. The first kappa shape index (κ1) is 18.5. The maximum Gasteiger partial charge on any atom is 0.399 e. The van der Waals surface area contributed by atoms with Gasteiger partial charge in [-0.05, 0) is 28.7 Å². The van der Waals surface area contributed by atoms with Crippen molar-refractivity contribution in [1.82, 2.24) is 0 Å². The van der Waals surface area contributed by atoms with Crippen molar-refractivity contribution in [2.75, 3.05) is 0 Å². The van der Waals surface area contributed by atoms with Crippen molar-refractivity contribution in [2.24, 2.45) is 0 Å². The number of hydrogen-bond donors (Lipinski definition) is 2. The van der Waals surface area contributed by atoms with Gasteiger partial charge in [0.15, 0.2) is 0 Å². The topological polar surface area (TPSA) is 57.5 Å². The molecular formula is C20H17F2O3P. The van der Waals surface area contributed by atoms with Crippen LogP contribution in [0.25, 0.3) is 11.1 Å². The minimum absolute atomic E-state index is 0.699. The van der Waals surface area contributed by atoms with E-state index in [0.29, 0.717) is 5.56 Å². The fourth-order valence-electron chi connectivity index (χ4n) is 2.72. The van der Waals surface area contributed by atoms with Gasteiger partial charge >= 0.3 is 13.3 Å². The maximum atomic E-state index is 13.7. The van der Waals surface area contributed by atoms with E-state index >= 15 is 0 Å². The summed E-state index contributed by atoms with van der Waals surface area (Å²) in [5.41, 5.74) is -1.09. The summed E-state index contributed by atoms with van der Waals surface area (Å²) in [7, 11) is -5.56. The predicted molar refractivity (Wildman–Crippen MR) is 97.1 cm³/mol. The first-order valence-electron chi connectivity index (χ1n) is 7.94. The molecule has 0 bridgehead atoms. The molecule has 0 aliphatic rings. The molecule has 0 heterocycles. The van der Waals surface area contributed by atoms with Crippen LogP contribution >= 0.6 is 7.60 Å². The zero-order chi connectivity index (χ0) is 18.8. The highest BCUT2D eigenvalue weighted by Gasteiger charge is 2.50. The van der Waals surface area contributed by atoms with E-state index in [1.807, 2.05) is 54.6 Å². The predicted octanol–water partition coefficient (Wildman–Crippen LogP) is 5.17. The van der Waals surface area contributed by atoms with Crippen LogP contribution in [0.1, 0.15) is 16.7 Å². The Hall–Kier alpha value is -2.33. The van der Waals surface area contributed by atoms with E-state index in [1.165, 1.54) is 17.7 Å². The van der Waals surface area contributed by atoms with Crippen molar-refractivity contribution in [3.63, 3.8) is 0 Å². The van der Waals surface area contributed by atoms with E-state index in [4.69, 9.17) is 9.79 Å². The Labute approximate surface area is 150 Å². The van der Waals surface area contributed by atoms with Gasteiger partial charge in [-0.25, -0.2) is 0 Å². The van der Waals surface area contributed by atoms with Crippen molar-refractivity contribution in [2.45, 2.75) is 12.1 Å². The summed E-state index contributed by atoms with van der Waals surface area (Å²) in [4.78, 5) is 17.6. The summed E-state index contributed by atoms with van der Waals surface area (Å²) in [5.74, 6) is 0. The molecule has 0 amide bonds. The molecule has 3 aromatic rings. The van der Waals surface area contributed by atoms with E-state index in [2.05, 4.69) is 0 Å². The Morgan fingerprint density at radius 2 is 1.38 bits per heavy atom. The van der Waals surface area contributed by atoms with Gasteiger partial charge in [0.25, 0.3) is 0 Å². The fourth-order valence-corrected chi connectivity index (χ4v) is 3.21. The average molecular weight is 374 g/mol. The summed E-state index contributed by atoms with van der Waals surface area (Å²) >= 11 is 0. The van der Waals surface area contributed by atoms with E-state index in [1.54, 1.807) is 0 Å². The van der Waals surface area contributed by atoms with Gasteiger partial charge in [0.2, 0.25) is 0 Å². The highest BCUT2D eigenvalue weighted by atomic mass is 31.2. The van der Waals surface area contributed by atoms with Crippen molar-refractivity contribution >= 4 is 7.60 Å². The molecule has 0 unspecified atom stereocenters. The summed E-state index contributed by atoms with van der Waals surface area (Å²) < 4.78 is 38.5. The lowest BCUT2D eigenvalue weighted by atomic mass is 9.98. The molecule has 0 aliphatic carbocycles. The van der Waals surface area contributed by atoms with Crippen molar-refractivity contribution < 1.29 is 23.1 Å². The lowest BCUT2D eigenvalue weighted by Crippen LogP contribution is -2.13. The fraction of sp³-hybridized carbons (Fsp3) is 0.100. The van der Waals surface area contributed by atoms with Gasteiger partial charge in [0.1, 0.15) is 0 Å². The van der Waals surface area contributed by atoms with Crippen molar-refractivity contribution in [3.8, 4) is 11.1 Å². The van der Waals surface area contributed by atoms with Crippen LogP contribution in [0.4, 0.5) is 8.78 Å². The number of benzene rings is 3. The zero-order valence-electron chi connectivity index (χ0n) is 13.7. The van der Waals surface area contributed by atoms with Gasteiger partial charge in [-0.15, -0.1) is 0 Å². The second kappa shape index (κ2) is 7.12. The normalized spacial score (nSPS) is 12.2. The first-order valence-corrected chi connectivity index (χ1v) is 9.56. The second-order valence-electron chi connectivity index (χ2n) is 6.03. The molecule has 2 N–H and O–H groups in total. The third-order valence-corrected chi connectivity index (χ3v) is 5.10. The van der Waals surface area contributed by atoms with Crippen LogP contribution in [0.5, 0.6) is 0 Å². The van der Waals surface area contributed by atoms with E-state index < -0.39 is 18.8 Å². The summed E-state index contributed by atoms with van der Waals surface area (Å²) in [6.45, 7) is 0. The maximum absolute atomic E-state index is 13.7. The molecule has 0 radical (unpaired) electrons. The summed E-state index contributed by atoms with van der Waals surface area (Å²) in [6, 6.07) is 22.7. The van der Waals surface area contributed by atoms with Gasteiger partial charge in [0, 0.05) is 5.56 Å². The van der Waals surface area contributed by atoms with Gasteiger partial charge in [-0.2, -0.15) is 8.78 Å². The molecule has 0 atom stereocenters. The standard InChI is InChI=1S/C20H17F2O3P/c21-20(22,26(23,24)25)19-11-9-17(10-12-19)18-8-4-7-16(14-18)13-15-5-2-1-3-6-15/h1-12,14H,13H2,(H2,23,24,25). The van der Waals surface area contributed by atoms with Gasteiger partial charge in [-0.3, -0.25) is 4.57 Å². The molecule has 0 spiro atoms. The number of halogens is 2. The SMILES string of the molecule is O=P(O)(O)C(F)(F)c1ccc(-c2cccc(Cc3ccccc3)c2)cc1. The van der Waals surface area contributed by atoms with Crippen LogP contribution in [0.15, 0.2) is 78.9 Å². The van der Waals surface area contributed by atoms with E-state index in [0.717, 1.165) is 29.7 Å². The largest absolute Gasteiger partial charge is 0.399 e. The molecule has 0 saturated carbocycles. The first-order chi connectivity index (χ1) is 12.3. The Balaban J connectivity index is 1.86. The Morgan fingerprint density at radius 3 is 2.00 bits per heavy atom. The summed E-state index contributed by atoms with van der Waals surface area (Å²) in [5, 5.41) is 0. The molecule has 6 heteroatoms. The van der Waals surface area contributed by atoms with Gasteiger partial charge in [-0.1, -0.05) is 78.9 Å². The minimum Gasteiger partial charge on any atom is -0.320 e. The van der Waals surface area contributed by atoms with Crippen LogP contribution in [-0.2, 0) is 16.6 Å². The lowest BCUT2D eigenvalue weighted by molar-refractivity contribution is 0.0564. The van der Waals surface area contributed by atoms with Crippen LogP contribution in [0.3, 0.4) is 0 Å². The molecule has 0 aliphatic heterocycles. The smallest absolute Gasteiger partial charge is 0.320 e. The van der Waals surface area contributed by atoms with E-state index in [-0.39, 0.29) is 0 Å². The van der Waals surface area contributed by atoms with Gasteiger partial charge in [0.05, 0.1) is 0 Å². The molecule has 3 nitrogen and oxygen atoms in total. The van der Waals surface area contributed by atoms with Crippen molar-refractivity contribution in [1.29, 1.82) is 0 Å². The quantitative estimate of drug-likeness (QED) is 0.606. The van der Waals surface area contributed by atoms with Gasteiger partial charge < -0.3 is 9.79 Å². The molecule has 3 rings (SSSR count). The Kier molecular flexibility index (Phi) is 5.05. The third-order valence-electron chi connectivity index (χ3n) is 4.11. The zero-order valence-corrected chi connectivity index (χ0v) is 14.6. The van der Waals surface area contributed by atoms with Crippen LogP contribution in [-0.4, -0.2) is 9.79 Å². The van der Waals surface area contributed by atoms with E-state index in [9.17, 15) is 13.3 Å². The molecule has 0 saturated heterocycles. The van der Waals surface area contributed by atoms with Crippen LogP contribution in [0, 0.1) is 0 Å². The Bertz CT molecular complexity index is 935. The van der Waals surface area contributed by atoms with Crippen LogP contribution < -0.4 is 0 Å². The molecule has 3 aromatic carbocycles. The van der Waals surface area contributed by atoms with Crippen molar-refractivity contribution in [3.05, 3.63) is 95.6 Å². The highest BCUT2D eigenvalue weighted by Crippen LogP contribution is 2.59. The molecule has 26 heavy (non-hydrogen) atoms. The minimum atomic E-state index is -5.56. The molecule has 0 fully saturated rings. The second-order valence-corrected chi connectivity index (χ2v) is 7.68. The number of alkyl halides is 2. The summed E-state index contributed by atoms with van der Waals surface area (Å²) in [6.07, 6.45) is 0.753. The number of hydrogen-bond acceptors (Lipinski definition) is 1. The number of rotatable bonds is 5. The average Bonchev–Trinajstić information content (AvgIpc) is 2.62. The lowest BCUT2D eigenvalue weighted by Gasteiger charge is -2.18. The molecule has 134 valence electrons.